The van der Waals surface area contributed by atoms with E-state index >= 15 is 0 Å². The van der Waals surface area contributed by atoms with E-state index in [2.05, 4.69) is 27.6 Å². The average molecular weight is 384 g/mol. The molecule has 2 amide bonds. The lowest BCUT2D eigenvalue weighted by Crippen LogP contribution is -2.45. The highest BCUT2D eigenvalue weighted by Gasteiger charge is 2.30. The van der Waals surface area contributed by atoms with Crippen molar-refractivity contribution in [2.45, 2.75) is 43.9 Å². The maximum Gasteiger partial charge on any atom is 0.317 e. The zero-order valence-corrected chi connectivity index (χ0v) is 16.2. The summed E-state index contributed by atoms with van der Waals surface area (Å²) in [6.07, 6.45) is 4.65. The SMILES string of the molecule is O=C(NCCc1ccccc1)N1CCCC(c2nc(C3CCOCC3)no2)C1. The summed E-state index contributed by atoms with van der Waals surface area (Å²) >= 11 is 0. The largest absolute Gasteiger partial charge is 0.381 e. The minimum atomic E-state index is -0.00945. The summed E-state index contributed by atoms with van der Waals surface area (Å²) in [7, 11) is 0. The van der Waals surface area contributed by atoms with Gasteiger partial charge in [-0.2, -0.15) is 4.98 Å². The van der Waals surface area contributed by atoms with Crippen LogP contribution >= 0.6 is 0 Å². The molecule has 2 aromatic rings. The number of rotatable bonds is 5. The molecule has 0 bridgehead atoms. The Labute approximate surface area is 165 Å². The third kappa shape index (κ3) is 4.70. The maximum atomic E-state index is 12.6. The van der Waals surface area contributed by atoms with Crippen LogP contribution in [0.15, 0.2) is 34.9 Å². The average Bonchev–Trinajstić information content (AvgIpc) is 3.26. The van der Waals surface area contributed by atoms with Gasteiger partial charge in [-0.05, 0) is 37.7 Å². The first-order valence-electron chi connectivity index (χ1n) is 10.3. The van der Waals surface area contributed by atoms with Gasteiger partial charge in [0.1, 0.15) is 0 Å². The summed E-state index contributed by atoms with van der Waals surface area (Å²) in [6.45, 7) is 3.56. The Morgan fingerprint density at radius 1 is 1.14 bits per heavy atom. The minimum absolute atomic E-state index is 0.00945. The van der Waals surface area contributed by atoms with Gasteiger partial charge >= 0.3 is 6.03 Å². The number of ether oxygens (including phenoxy) is 1. The molecule has 1 aromatic carbocycles. The molecule has 0 aliphatic carbocycles. The van der Waals surface area contributed by atoms with Gasteiger partial charge in [0.2, 0.25) is 5.89 Å². The number of aromatic nitrogens is 2. The van der Waals surface area contributed by atoms with E-state index in [1.165, 1.54) is 5.56 Å². The number of nitrogens with zero attached hydrogens (tertiary/aromatic N) is 3. The van der Waals surface area contributed by atoms with Crippen molar-refractivity contribution >= 4 is 6.03 Å². The van der Waals surface area contributed by atoms with E-state index in [0.29, 0.717) is 24.9 Å². The summed E-state index contributed by atoms with van der Waals surface area (Å²) in [5.74, 6) is 1.91. The van der Waals surface area contributed by atoms with E-state index in [1.807, 2.05) is 23.1 Å². The summed E-state index contributed by atoms with van der Waals surface area (Å²) < 4.78 is 11.0. The topological polar surface area (TPSA) is 80.5 Å². The predicted molar refractivity (Wildman–Crippen MR) is 104 cm³/mol. The van der Waals surface area contributed by atoms with Crippen LogP contribution in [0.4, 0.5) is 4.79 Å². The first kappa shape index (κ1) is 18.9. The first-order valence-corrected chi connectivity index (χ1v) is 10.3. The number of amides is 2. The number of likely N-dealkylation sites (tertiary alicyclic amines) is 1. The van der Waals surface area contributed by atoms with Crippen molar-refractivity contribution < 1.29 is 14.1 Å². The number of benzene rings is 1. The number of hydrogen-bond acceptors (Lipinski definition) is 5. The molecule has 2 aliphatic rings. The molecule has 28 heavy (non-hydrogen) atoms. The third-order valence-corrected chi connectivity index (χ3v) is 5.63. The Morgan fingerprint density at radius 3 is 2.79 bits per heavy atom. The molecule has 2 aliphatic heterocycles. The fourth-order valence-electron chi connectivity index (χ4n) is 3.97. The van der Waals surface area contributed by atoms with Crippen molar-refractivity contribution in [1.29, 1.82) is 0 Å². The van der Waals surface area contributed by atoms with E-state index in [0.717, 1.165) is 57.7 Å². The standard InChI is InChI=1S/C21H28N4O3/c26-21(22-11-8-16-5-2-1-3-6-16)25-12-4-7-18(15-25)20-23-19(24-28-20)17-9-13-27-14-10-17/h1-3,5-6,17-18H,4,7-15H2,(H,22,26). The van der Waals surface area contributed by atoms with Crippen LogP contribution in [-0.4, -0.2) is 53.9 Å². The summed E-state index contributed by atoms with van der Waals surface area (Å²) in [6, 6.07) is 10.2. The van der Waals surface area contributed by atoms with Crippen molar-refractivity contribution in [2.75, 3.05) is 32.8 Å². The number of carbonyl (C=O) groups is 1. The van der Waals surface area contributed by atoms with Crippen molar-refractivity contribution in [3.63, 3.8) is 0 Å². The molecule has 0 spiro atoms. The zero-order chi connectivity index (χ0) is 19.2. The van der Waals surface area contributed by atoms with E-state index in [4.69, 9.17) is 9.26 Å². The number of urea groups is 1. The smallest absolute Gasteiger partial charge is 0.317 e. The molecule has 2 fully saturated rings. The molecule has 1 aromatic heterocycles. The molecule has 7 nitrogen and oxygen atoms in total. The lowest BCUT2D eigenvalue weighted by Gasteiger charge is -2.31. The molecular formula is C21H28N4O3. The van der Waals surface area contributed by atoms with Gasteiger partial charge in [0.15, 0.2) is 5.82 Å². The van der Waals surface area contributed by atoms with Crippen molar-refractivity contribution in [2.24, 2.45) is 0 Å². The lowest BCUT2D eigenvalue weighted by molar-refractivity contribution is 0.0830. The highest BCUT2D eigenvalue weighted by atomic mass is 16.5. The van der Waals surface area contributed by atoms with Gasteiger partial charge in [0, 0.05) is 38.8 Å². The number of nitrogens with one attached hydrogen (secondary N) is 1. The van der Waals surface area contributed by atoms with Crippen LogP contribution in [0, 0.1) is 0 Å². The highest BCUT2D eigenvalue weighted by molar-refractivity contribution is 5.74. The number of piperidine rings is 1. The Balaban J connectivity index is 1.29. The predicted octanol–water partition coefficient (Wildman–Crippen LogP) is 3.10. The summed E-state index contributed by atoms with van der Waals surface area (Å²) in [5.41, 5.74) is 1.23. The molecule has 4 rings (SSSR count). The van der Waals surface area contributed by atoms with Gasteiger partial charge in [-0.3, -0.25) is 0 Å². The molecule has 150 valence electrons. The summed E-state index contributed by atoms with van der Waals surface area (Å²) in [5, 5.41) is 7.24. The van der Waals surface area contributed by atoms with Gasteiger partial charge in [-0.25, -0.2) is 4.79 Å². The first-order chi connectivity index (χ1) is 13.8. The van der Waals surface area contributed by atoms with E-state index in [-0.39, 0.29) is 11.9 Å². The normalized spacial score (nSPS) is 20.9. The molecule has 2 saturated heterocycles. The fourth-order valence-corrected chi connectivity index (χ4v) is 3.97. The van der Waals surface area contributed by atoms with Crippen LogP contribution in [0.25, 0.3) is 0 Å². The van der Waals surface area contributed by atoms with Gasteiger partial charge in [0.05, 0.1) is 5.92 Å². The molecule has 1 atom stereocenters. The van der Waals surface area contributed by atoms with Crippen LogP contribution in [0.3, 0.4) is 0 Å². The molecule has 7 heteroatoms. The Bertz CT molecular complexity index is 758. The second-order valence-corrected chi connectivity index (χ2v) is 7.63. The van der Waals surface area contributed by atoms with Crippen LogP contribution in [0.1, 0.15) is 54.8 Å². The molecular weight excluding hydrogens is 356 g/mol. The molecule has 1 N–H and O–H groups in total. The number of carbonyl (C=O) groups excluding carboxylic acids is 1. The molecule has 0 saturated carbocycles. The Kier molecular flexibility index (Phi) is 6.21. The fraction of sp³-hybridized carbons (Fsp3) is 0.571. The van der Waals surface area contributed by atoms with Gasteiger partial charge in [-0.1, -0.05) is 35.5 Å². The third-order valence-electron chi connectivity index (χ3n) is 5.63. The second-order valence-electron chi connectivity index (χ2n) is 7.63. The van der Waals surface area contributed by atoms with E-state index < -0.39 is 0 Å². The number of hydrogen-bond donors (Lipinski definition) is 1. The molecule has 1 unspecified atom stereocenters. The van der Waals surface area contributed by atoms with E-state index in [9.17, 15) is 4.79 Å². The Morgan fingerprint density at radius 2 is 1.96 bits per heavy atom. The summed E-state index contributed by atoms with van der Waals surface area (Å²) in [4.78, 5) is 19.1. The van der Waals surface area contributed by atoms with Crippen molar-refractivity contribution in [3.05, 3.63) is 47.6 Å². The van der Waals surface area contributed by atoms with Gasteiger partial charge < -0.3 is 19.5 Å². The highest BCUT2D eigenvalue weighted by Crippen LogP contribution is 2.29. The van der Waals surface area contributed by atoms with Crippen LogP contribution in [0.5, 0.6) is 0 Å². The van der Waals surface area contributed by atoms with Crippen molar-refractivity contribution in [1.82, 2.24) is 20.4 Å². The quantitative estimate of drug-likeness (QED) is 0.857. The van der Waals surface area contributed by atoms with Gasteiger partial charge in [-0.15, -0.1) is 0 Å². The molecule has 0 radical (unpaired) electrons. The van der Waals surface area contributed by atoms with Crippen LogP contribution in [0.2, 0.25) is 0 Å². The maximum absolute atomic E-state index is 12.6. The molecule has 3 heterocycles. The van der Waals surface area contributed by atoms with Crippen LogP contribution in [-0.2, 0) is 11.2 Å². The zero-order valence-electron chi connectivity index (χ0n) is 16.2. The minimum Gasteiger partial charge on any atom is -0.381 e. The van der Waals surface area contributed by atoms with Gasteiger partial charge in [0.25, 0.3) is 0 Å². The Hall–Kier alpha value is -2.41. The monoisotopic (exact) mass is 384 g/mol. The van der Waals surface area contributed by atoms with E-state index in [1.54, 1.807) is 0 Å². The second kappa shape index (κ2) is 9.19. The van der Waals surface area contributed by atoms with Crippen molar-refractivity contribution in [3.8, 4) is 0 Å². The lowest BCUT2D eigenvalue weighted by atomic mass is 9.97. The van der Waals surface area contributed by atoms with Crippen LogP contribution < -0.4 is 5.32 Å².